The summed E-state index contributed by atoms with van der Waals surface area (Å²) in [7, 11) is 1.00. The number of aliphatic hydroxyl groups is 2. The van der Waals surface area contributed by atoms with Crippen molar-refractivity contribution in [1.82, 2.24) is 9.55 Å². The molecule has 1 aromatic heterocycles. The van der Waals surface area contributed by atoms with Crippen LogP contribution in [0.3, 0.4) is 0 Å². The van der Waals surface area contributed by atoms with Crippen LogP contribution in [-0.2, 0) is 4.74 Å². The maximum atomic E-state index is 11.6. The van der Waals surface area contributed by atoms with E-state index in [-0.39, 0.29) is 30.7 Å². The van der Waals surface area contributed by atoms with Gasteiger partial charge in [-0.25, -0.2) is 4.79 Å². The summed E-state index contributed by atoms with van der Waals surface area (Å²) in [6.45, 7) is 7.95. The van der Waals surface area contributed by atoms with Gasteiger partial charge in [0.1, 0.15) is 12.0 Å². The Morgan fingerprint density at radius 2 is 2.15 bits per heavy atom. The van der Waals surface area contributed by atoms with Gasteiger partial charge in [-0.15, -0.1) is 13.2 Å². The van der Waals surface area contributed by atoms with Crippen LogP contribution < -0.4 is 11.4 Å². The van der Waals surface area contributed by atoms with Crippen LogP contribution in [0.5, 0.6) is 0 Å². The molecule has 1 fully saturated rings. The summed E-state index contributed by atoms with van der Waals surface area (Å²) in [5.74, 6) is 0.367. The zero-order valence-electron chi connectivity index (χ0n) is 11.9. The Balaban J connectivity index is 0.000000829. The van der Waals surface area contributed by atoms with Crippen LogP contribution in [0, 0.1) is 5.92 Å². The molecule has 0 aliphatic carbocycles. The van der Waals surface area contributed by atoms with Gasteiger partial charge in [0.15, 0.2) is 0 Å². The average molecular weight is 285 g/mol. The summed E-state index contributed by atoms with van der Waals surface area (Å²) in [5.41, 5.74) is 4.99. The number of aliphatic hydroxyl groups excluding tert-OH is 2. The van der Waals surface area contributed by atoms with Gasteiger partial charge in [0, 0.05) is 19.2 Å². The number of nitrogen functional groups attached to an aromatic ring is 1. The van der Waals surface area contributed by atoms with Crippen molar-refractivity contribution >= 4 is 5.82 Å². The van der Waals surface area contributed by atoms with Crippen molar-refractivity contribution in [2.24, 2.45) is 5.92 Å². The molecule has 0 aromatic carbocycles. The average Bonchev–Trinajstić information content (AvgIpc) is 2.84. The van der Waals surface area contributed by atoms with Crippen molar-refractivity contribution in [2.75, 3.05) is 19.5 Å². The highest BCUT2D eigenvalue weighted by Crippen LogP contribution is 2.32. The highest BCUT2D eigenvalue weighted by Gasteiger charge is 2.33. The van der Waals surface area contributed by atoms with Crippen molar-refractivity contribution < 1.29 is 14.9 Å². The van der Waals surface area contributed by atoms with Gasteiger partial charge >= 0.3 is 5.69 Å². The number of nitrogens with zero attached hydrogens (tertiary/aromatic N) is 2. The Kier molecular flexibility index (Phi) is 8.46. The lowest BCUT2D eigenvalue weighted by molar-refractivity contribution is -0.0335. The third-order valence-electron chi connectivity index (χ3n) is 2.78. The number of nitrogens with two attached hydrogens (primary N) is 1. The Hall–Kier alpha value is -1.70. The first-order chi connectivity index (χ1) is 9.61. The first-order valence-electron chi connectivity index (χ1n) is 6.17. The monoisotopic (exact) mass is 285 g/mol. The lowest BCUT2D eigenvalue weighted by atomic mass is 10.1. The maximum absolute atomic E-state index is 11.6. The fourth-order valence-electron chi connectivity index (χ4n) is 1.99. The lowest BCUT2D eigenvalue weighted by Gasteiger charge is -2.17. The van der Waals surface area contributed by atoms with E-state index in [2.05, 4.69) is 18.1 Å². The molecule has 4 N–H and O–H groups in total. The molecule has 0 bridgehead atoms. The first-order valence-corrected chi connectivity index (χ1v) is 6.17. The first kappa shape index (κ1) is 18.3. The summed E-state index contributed by atoms with van der Waals surface area (Å²) >= 11 is 0. The maximum Gasteiger partial charge on any atom is 0.351 e. The molecule has 1 aliphatic heterocycles. The number of hydrogen-bond donors (Lipinski definition) is 3. The molecule has 0 radical (unpaired) electrons. The van der Waals surface area contributed by atoms with Gasteiger partial charge in [0.2, 0.25) is 0 Å². The third kappa shape index (κ3) is 4.44. The van der Waals surface area contributed by atoms with Crippen LogP contribution in [0.4, 0.5) is 5.82 Å². The molecule has 1 aliphatic rings. The second-order valence-electron chi connectivity index (χ2n) is 4.09. The second-order valence-corrected chi connectivity index (χ2v) is 4.09. The van der Waals surface area contributed by atoms with Crippen LogP contribution in [0.2, 0.25) is 0 Å². The van der Waals surface area contributed by atoms with Gasteiger partial charge in [-0.2, -0.15) is 4.98 Å². The topological polar surface area (TPSA) is 111 Å². The van der Waals surface area contributed by atoms with Crippen molar-refractivity contribution in [2.45, 2.75) is 25.7 Å². The van der Waals surface area contributed by atoms with Gasteiger partial charge in [-0.1, -0.05) is 6.92 Å². The predicted molar refractivity (Wildman–Crippen MR) is 77.1 cm³/mol. The Morgan fingerprint density at radius 1 is 1.55 bits per heavy atom. The standard InChI is InChI=1S/C10H15N3O3.C2H4.CH4O/c1-6-4-7(5-14)16-9(6)13-3-2-8(11)12-10(13)15;2*1-2/h2-3,6-7,9,14H,4-5H2,1H3,(H2,11,12,15);1-2H2;2H,1H3/t6-,7-,9+;;/m0../s1. The van der Waals surface area contributed by atoms with E-state index in [0.717, 1.165) is 13.5 Å². The van der Waals surface area contributed by atoms with E-state index < -0.39 is 5.69 Å². The molecule has 0 amide bonds. The summed E-state index contributed by atoms with van der Waals surface area (Å²) in [6.07, 6.45) is 1.74. The van der Waals surface area contributed by atoms with E-state index >= 15 is 0 Å². The zero-order chi connectivity index (χ0) is 15.7. The molecule has 0 spiro atoms. The molecule has 2 heterocycles. The summed E-state index contributed by atoms with van der Waals surface area (Å²) < 4.78 is 6.98. The van der Waals surface area contributed by atoms with Gasteiger partial charge in [-0.05, 0) is 12.5 Å². The van der Waals surface area contributed by atoms with Crippen LogP contribution in [0.15, 0.2) is 30.2 Å². The van der Waals surface area contributed by atoms with Crippen LogP contribution in [-0.4, -0.2) is 39.6 Å². The molecule has 7 heteroatoms. The fourth-order valence-corrected chi connectivity index (χ4v) is 1.99. The summed E-state index contributed by atoms with van der Waals surface area (Å²) in [6, 6.07) is 1.56. The molecule has 20 heavy (non-hydrogen) atoms. The predicted octanol–water partition coefficient (Wildman–Crippen LogP) is 0.152. The Bertz CT molecular complexity index is 449. The van der Waals surface area contributed by atoms with Crippen LogP contribution >= 0.6 is 0 Å². The molecule has 114 valence electrons. The quantitative estimate of drug-likeness (QED) is 0.667. The molecule has 2 rings (SSSR count). The van der Waals surface area contributed by atoms with E-state index in [9.17, 15) is 4.79 Å². The summed E-state index contributed by atoms with van der Waals surface area (Å²) in [5, 5.41) is 16.0. The van der Waals surface area contributed by atoms with Gasteiger partial charge in [0.25, 0.3) is 0 Å². The number of hydrogen-bond acceptors (Lipinski definition) is 6. The van der Waals surface area contributed by atoms with E-state index in [1.165, 1.54) is 4.57 Å². The lowest BCUT2D eigenvalue weighted by Crippen LogP contribution is -2.29. The molecule has 3 atom stereocenters. The van der Waals surface area contributed by atoms with Crippen molar-refractivity contribution in [3.8, 4) is 0 Å². The van der Waals surface area contributed by atoms with Gasteiger partial charge in [-0.3, -0.25) is 4.57 Å². The molecule has 0 saturated carbocycles. The highest BCUT2D eigenvalue weighted by molar-refractivity contribution is 5.23. The number of aromatic nitrogens is 2. The minimum Gasteiger partial charge on any atom is -0.400 e. The van der Waals surface area contributed by atoms with E-state index in [0.29, 0.717) is 0 Å². The zero-order valence-corrected chi connectivity index (χ0v) is 11.9. The molecular weight excluding hydrogens is 262 g/mol. The molecule has 0 unspecified atom stereocenters. The molecule has 7 nitrogen and oxygen atoms in total. The Morgan fingerprint density at radius 3 is 2.60 bits per heavy atom. The molecule has 1 aromatic rings. The molecule has 1 saturated heterocycles. The normalized spacial score (nSPS) is 24.1. The highest BCUT2D eigenvalue weighted by atomic mass is 16.5. The number of ether oxygens (including phenoxy) is 1. The number of rotatable bonds is 2. The minimum absolute atomic E-state index is 0.0298. The van der Waals surface area contributed by atoms with Crippen LogP contribution in [0.25, 0.3) is 0 Å². The smallest absolute Gasteiger partial charge is 0.351 e. The SMILES string of the molecule is C=C.CO.C[C@H]1C[C@@H](CO)O[C@H]1n1ccc(N)nc1=O. The van der Waals surface area contributed by atoms with Crippen molar-refractivity contribution in [1.29, 1.82) is 0 Å². The largest absolute Gasteiger partial charge is 0.400 e. The number of anilines is 1. The summed E-state index contributed by atoms with van der Waals surface area (Å²) in [4.78, 5) is 15.2. The van der Waals surface area contributed by atoms with E-state index in [1.807, 2.05) is 6.92 Å². The van der Waals surface area contributed by atoms with Crippen molar-refractivity contribution in [3.63, 3.8) is 0 Å². The second kappa shape index (κ2) is 9.24. The fraction of sp³-hybridized carbons (Fsp3) is 0.538. The van der Waals surface area contributed by atoms with E-state index in [4.69, 9.17) is 20.7 Å². The molecular formula is C13H23N3O4. The third-order valence-corrected chi connectivity index (χ3v) is 2.78. The Labute approximate surface area is 118 Å². The van der Waals surface area contributed by atoms with Gasteiger partial charge in [0.05, 0.1) is 12.7 Å². The van der Waals surface area contributed by atoms with Gasteiger partial charge < -0.3 is 20.7 Å². The van der Waals surface area contributed by atoms with E-state index in [1.54, 1.807) is 12.3 Å². The van der Waals surface area contributed by atoms with Crippen molar-refractivity contribution in [3.05, 3.63) is 35.9 Å². The minimum atomic E-state index is -0.421. The van der Waals surface area contributed by atoms with Crippen LogP contribution in [0.1, 0.15) is 19.6 Å².